The van der Waals surface area contributed by atoms with Crippen molar-refractivity contribution >= 4 is 5.91 Å². The van der Waals surface area contributed by atoms with E-state index in [4.69, 9.17) is 12.2 Å². The highest BCUT2D eigenvalue weighted by Gasteiger charge is 1.93. The summed E-state index contributed by atoms with van der Waals surface area (Å²) in [6.45, 7) is 1.77. The van der Waals surface area contributed by atoms with Crippen LogP contribution in [0.2, 0.25) is 0 Å². The van der Waals surface area contributed by atoms with E-state index < -0.39 is 0 Å². The van der Waals surface area contributed by atoms with Crippen LogP contribution in [0.25, 0.3) is 0 Å². The third-order valence-corrected chi connectivity index (χ3v) is 1.47. The fourth-order valence-corrected chi connectivity index (χ4v) is 0.835. The van der Waals surface area contributed by atoms with Gasteiger partial charge in [-0.15, -0.1) is 12.3 Å². The molecule has 0 atom stereocenters. The van der Waals surface area contributed by atoms with Crippen LogP contribution in [-0.2, 0) is 4.79 Å². The highest BCUT2D eigenvalue weighted by molar-refractivity contribution is 5.73. The van der Waals surface area contributed by atoms with Gasteiger partial charge in [0.05, 0.1) is 0 Å². The number of unbranched alkanes of at least 4 members (excludes halogenated alkanes) is 1. The number of hydrogen-bond donors (Lipinski definition) is 2. The number of carbonyl (C=O) groups is 1. The second-order valence-electron chi connectivity index (χ2n) is 2.63. The van der Waals surface area contributed by atoms with E-state index in [-0.39, 0.29) is 5.91 Å². The molecular formula is C9H16N2O. The molecule has 0 aliphatic heterocycles. The number of amides is 1. The first kappa shape index (κ1) is 11.0. The van der Waals surface area contributed by atoms with Gasteiger partial charge in [-0.3, -0.25) is 4.79 Å². The summed E-state index contributed by atoms with van der Waals surface area (Å²) < 4.78 is 0. The van der Waals surface area contributed by atoms with Gasteiger partial charge in [-0.1, -0.05) is 0 Å². The Balaban J connectivity index is 2.92. The summed E-state index contributed by atoms with van der Waals surface area (Å²) in [6.07, 6.45) is 8.14. The largest absolute Gasteiger partial charge is 0.370 e. The summed E-state index contributed by atoms with van der Waals surface area (Å²) >= 11 is 0. The van der Waals surface area contributed by atoms with Crippen molar-refractivity contribution in [2.45, 2.75) is 25.7 Å². The monoisotopic (exact) mass is 168 g/mol. The van der Waals surface area contributed by atoms with E-state index in [1.165, 1.54) is 0 Å². The molecule has 0 aromatic rings. The predicted molar refractivity (Wildman–Crippen MR) is 49.4 cm³/mol. The van der Waals surface area contributed by atoms with E-state index in [1.54, 1.807) is 0 Å². The predicted octanol–water partition coefficient (Wildman–Crippen LogP) is 0.255. The van der Waals surface area contributed by atoms with Crippen LogP contribution in [0.3, 0.4) is 0 Å². The van der Waals surface area contributed by atoms with E-state index in [2.05, 4.69) is 11.2 Å². The third-order valence-electron chi connectivity index (χ3n) is 1.47. The molecule has 0 aliphatic carbocycles. The first-order chi connectivity index (χ1) is 5.77. The van der Waals surface area contributed by atoms with Gasteiger partial charge in [0.1, 0.15) is 0 Å². The molecule has 1 amide bonds. The third kappa shape index (κ3) is 8.99. The van der Waals surface area contributed by atoms with Crippen molar-refractivity contribution in [2.75, 3.05) is 13.1 Å². The Labute approximate surface area is 73.7 Å². The molecule has 0 rings (SSSR count). The Morgan fingerprint density at radius 2 is 2.17 bits per heavy atom. The van der Waals surface area contributed by atoms with Crippen molar-refractivity contribution in [3.63, 3.8) is 0 Å². The van der Waals surface area contributed by atoms with Crippen LogP contribution < -0.4 is 11.1 Å². The van der Waals surface area contributed by atoms with Gasteiger partial charge < -0.3 is 11.1 Å². The average molecular weight is 168 g/mol. The maximum absolute atomic E-state index is 10.3. The summed E-state index contributed by atoms with van der Waals surface area (Å²) in [5.41, 5.74) is 4.97. The van der Waals surface area contributed by atoms with Gasteiger partial charge in [-0.25, -0.2) is 0 Å². The Hall–Kier alpha value is -1.01. The minimum atomic E-state index is -0.223. The minimum Gasteiger partial charge on any atom is -0.370 e. The zero-order valence-electron chi connectivity index (χ0n) is 7.31. The summed E-state index contributed by atoms with van der Waals surface area (Å²) in [4.78, 5) is 10.3. The molecule has 0 heterocycles. The molecule has 0 bridgehead atoms. The fraction of sp³-hybridized carbons (Fsp3) is 0.667. The average Bonchev–Trinajstić information content (AvgIpc) is 2.02. The summed E-state index contributed by atoms with van der Waals surface area (Å²) in [7, 11) is 0. The molecule has 68 valence electrons. The van der Waals surface area contributed by atoms with E-state index in [0.29, 0.717) is 6.42 Å². The lowest BCUT2D eigenvalue weighted by molar-refractivity contribution is -0.118. The van der Waals surface area contributed by atoms with Gasteiger partial charge >= 0.3 is 0 Å². The molecule has 3 N–H and O–H groups in total. The van der Waals surface area contributed by atoms with Crippen LogP contribution in [-0.4, -0.2) is 19.0 Å². The lowest BCUT2D eigenvalue weighted by atomic mass is 10.2. The number of rotatable bonds is 7. The van der Waals surface area contributed by atoms with Gasteiger partial charge in [0, 0.05) is 19.4 Å². The lowest BCUT2D eigenvalue weighted by Crippen LogP contribution is -2.17. The van der Waals surface area contributed by atoms with Crippen LogP contribution in [0.1, 0.15) is 25.7 Å². The molecule has 0 spiro atoms. The molecule has 0 saturated heterocycles. The molecule has 3 nitrogen and oxygen atoms in total. The second-order valence-corrected chi connectivity index (χ2v) is 2.63. The van der Waals surface area contributed by atoms with E-state index >= 15 is 0 Å². The van der Waals surface area contributed by atoms with Crippen LogP contribution >= 0.6 is 0 Å². The van der Waals surface area contributed by atoms with Gasteiger partial charge in [-0.2, -0.15) is 0 Å². The highest BCUT2D eigenvalue weighted by Crippen LogP contribution is 1.91. The summed E-state index contributed by atoms with van der Waals surface area (Å²) in [5, 5.41) is 3.17. The topological polar surface area (TPSA) is 55.1 Å². The second kappa shape index (κ2) is 8.09. The number of carbonyl (C=O) groups excluding carboxylic acids is 1. The number of nitrogens with one attached hydrogen (secondary N) is 1. The quantitative estimate of drug-likeness (QED) is 0.423. The Morgan fingerprint density at radius 3 is 2.75 bits per heavy atom. The minimum absolute atomic E-state index is 0.223. The first-order valence-electron chi connectivity index (χ1n) is 4.20. The zero-order chi connectivity index (χ0) is 9.23. The maximum Gasteiger partial charge on any atom is 0.217 e. The van der Waals surface area contributed by atoms with Crippen molar-refractivity contribution in [2.24, 2.45) is 5.73 Å². The van der Waals surface area contributed by atoms with Crippen LogP contribution in [0.15, 0.2) is 0 Å². The van der Waals surface area contributed by atoms with Gasteiger partial charge in [0.2, 0.25) is 5.91 Å². The molecule has 0 unspecified atom stereocenters. The first-order valence-corrected chi connectivity index (χ1v) is 4.20. The summed E-state index contributed by atoms with van der Waals surface area (Å²) in [6, 6.07) is 0. The number of primary amides is 1. The molecular weight excluding hydrogens is 152 g/mol. The SMILES string of the molecule is C#CCCNCCCCC(N)=O. The molecule has 0 radical (unpaired) electrons. The van der Waals surface area contributed by atoms with Crippen molar-refractivity contribution in [1.82, 2.24) is 5.32 Å². The highest BCUT2D eigenvalue weighted by atomic mass is 16.1. The lowest BCUT2D eigenvalue weighted by Gasteiger charge is -2.00. The number of terminal acetylenes is 1. The van der Waals surface area contributed by atoms with Crippen LogP contribution in [0, 0.1) is 12.3 Å². The molecule has 12 heavy (non-hydrogen) atoms. The molecule has 0 aromatic heterocycles. The molecule has 0 aromatic carbocycles. The van der Waals surface area contributed by atoms with E-state index in [0.717, 1.165) is 32.4 Å². The van der Waals surface area contributed by atoms with E-state index in [1.807, 2.05) is 0 Å². The maximum atomic E-state index is 10.3. The van der Waals surface area contributed by atoms with Crippen molar-refractivity contribution in [1.29, 1.82) is 0 Å². The Kier molecular flexibility index (Phi) is 7.41. The van der Waals surface area contributed by atoms with Crippen molar-refractivity contribution < 1.29 is 4.79 Å². The standard InChI is InChI=1S/C9H16N2O/c1-2-3-7-11-8-5-4-6-9(10)12/h1,11H,3-8H2,(H2,10,12). The Bertz CT molecular complexity index is 160. The summed E-state index contributed by atoms with van der Waals surface area (Å²) in [5.74, 6) is 2.32. The van der Waals surface area contributed by atoms with Gasteiger partial charge in [0.15, 0.2) is 0 Å². The number of nitrogens with two attached hydrogens (primary N) is 1. The van der Waals surface area contributed by atoms with Gasteiger partial charge in [0.25, 0.3) is 0 Å². The van der Waals surface area contributed by atoms with Crippen molar-refractivity contribution in [3.05, 3.63) is 0 Å². The fourth-order valence-electron chi connectivity index (χ4n) is 0.835. The number of hydrogen-bond acceptors (Lipinski definition) is 2. The zero-order valence-corrected chi connectivity index (χ0v) is 7.31. The normalized spacial score (nSPS) is 9.25. The molecule has 3 heteroatoms. The smallest absolute Gasteiger partial charge is 0.217 e. The molecule has 0 saturated carbocycles. The van der Waals surface area contributed by atoms with Crippen LogP contribution in [0.4, 0.5) is 0 Å². The Morgan fingerprint density at radius 1 is 1.42 bits per heavy atom. The molecule has 0 fully saturated rings. The molecule has 0 aliphatic rings. The van der Waals surface area contributed by atoms with E-state index in [9.17, 15) is 4.79 Å². The van der Waals surface area contributed by atoms with Gasteiger partial charge in [-0.05, 0) is 19.4 Å². The van der Waals surface area contributed by atoms with Crippen LogP contribution in [0.5, 0.6) is 0 Å². The van der Waals surface area contributed by atoms with Crippen molar-refractivity contribution in [3.8, 4) is 12.3 Å².